The maximum absolute atomic E-state index is 10.7. The van der Waals surface area contributed by atoms with E-state index in [1.165, 1.54) is 10.9 Å². The number of carbonyl (C=O) groups is 1. The van der Waals surface area contributed by atoms with E-state index in [0.717, 1.165) is 5.69 Å². The van der Waals surface area contributed by atoms with E-state index in [9.17, 15) is 4.79 Å². The van der Waals surface area contributed by atoms with E-state index in [2.05, 4.69) is 35.6 Å². The summed E-state index contributed by atoms with van der Waals surface area (Å²) in [5.41, 5.74) is 0.889. The zero-order chi connectivity index (χ0) is 13.8. The van der Waals surface area contributed by atoms with Crippen molar-refractivity contribution < 1.29 is 9.90 Å². The number of rotatable bonds is 5. The Morgan fingerprint density at radius 1 is 1.37 bits per heavy atom. The van der Waals surface area contributed by atoms with Crippen molar-refractivity contribution in [2.24, 2.45) is 5.92 Å². The van der Waals surface area contributed by atoms with Gasteiger partial charge in [0.25, 0.3) is 0 Å². The molecule has 0 aliphatic rings. The first-order chi connectivity index (χ1) is 9.08. The third-order valence-electron chi connectivity index (χ3n) is 2.82. The van der Waals surface area contributed by atoms with Crippen molar-refractivity contribution in [1.82, 2.24) is 4.98 Å². The Morgan fingerprint density at radius 2 is 2.16 bits per heavy atom. The minimum atomic E-state index is -1.01. The highest BCUT2D eigenvalue weighted by atomic mass is 32.1. The molecule has 19 heavy (non-hydrogen) atoms. The van der Waals surface area contributed by atoms with Crippen LogP contribution in [-0.2, 0) is 0 Å². The molecule has 2 heterocycles. The van der Waals surface area contributed by atoms with Crippen LogP contribution in [0.15, 0.2) is 35.8 Å². The monoisotopic (exact) mass is 276 g/mol. The van der Waals surface area contributed by atoms with Crippen LogP contribution in [0.2, 0.25) is 0 Å². The number of pyridine rings is 1. The molecule has 2 N–H and O–H groups in total. The Balaban J connectivity index is 2.16. The maximum atomic E-state index is 10.7. The first-order valence-corrected chi connectivity index (χ1v) is 6.95. The Morgan fingerprint density at radius 3 is 2.63 bits per heavy atom. The molecule has 0 aliphatic carbocycles. The van der Waals surface area contributed by atoms with Gasteiger partial charge in [0.15, 0.2) is 0 Å². The van der Waals surface area contributed by atoms with Gasteiger partial charge in [0.05, 0.1) is 17.9 Å². The van der Waals surface area contributed by atoms with Crippen molar-refractivity contribution in [2.75, 3.05) is 5.32 Å². The highest BCUT2D eigenvalue weighted by molar-refractivity contribution is 7.10. The fourth-order valence-electron chi connectivity index (χ4n) is 1.82. The van der Waals surface area contributed by atoms with Gasteiger partial charge in [-0.25, -0.2) is 9.78 Å². The summed E-state index contributed by atoms with van der Waals surface area (Å²) in [6, 6.07) is 7.60. The second kappa shape index (κ2) is 5.84. The summed E-state index contributed by atoms with van der Waals surface area (Å²) in [6.45, 7) is 4.30. The van der Waals surface area contributed by atoms with Gasteiger partial charge in [-0.2, -0.15) is 0 Å². The molecule has 0 spiro atoms. The lowest BCUT2D eigenvalue weighted by molar-refractivity contribution is 0.0690. The Labute approximate surface area is 116 Å². The van der Waals surface area contributed by atoms with Crippen LogP contribution in [0.5, 0.6) is 0 Å². The van der Waals surface area contributed by atoms with Gasteiger partial charge in [0, 0.05) is 4.88 Å². The molecule has 100 valence electrons. The number of aromatic carboxylic acids is 1. The number of aromatic nitrogens is 1. The van der Waals surface area contributed by atoms with Gasteiger partial charge in [-0.15, -0.1) is 11.3 Å². The molecular weight excluding hydrogens is 260 g/mol. The van der Waals surface area contributed by atoms with Gasteiger partial charge >= 0.3 is 5.97 Å². The van der Waals surface area contributed by atoms with E-state index in [0.29, 0.717) is 5.92 Å². The molecule has 0 amide bonds. The average Bonchev–Trinajstić information content (AvgIpc) is 2.89. The third kappa shape index (κ3) is 3.32. The Hall–Kier alpha value is -1.88. The van der Waals surface area contributed by atoms with Crippen molar-refractivity contribution in [1.29, 1.82) is 0 Å². The summed E-state index contributed by atoms with van der Waals surface area (Å²) in [5.74, 6) is -0.581. The van der Waals surface area contributed by atoms with Crippen molar-refractivity contribution in [2.45, 2.75) is 19.9 Å². The molecule has 1 atom stereocenters. The van der Waals surface area contributed by atoms with Crippen LogP contribution in [0.1, 0.15) is 35.3 Å². The second-order valence-electron chi connectivity index (χ2n) is 4.62. The molecule has 2 aromatic heterocycles. The molecule has 0 saturated carbocycles. The summed E-state index contributed by atoms with van der Waals surface area (Å²) >= 11 is 1.71. The number of thiophene rings is 1. The minimum Gasteiger partial charge on any atom is -0.477 e. The molecule has 0 fully saturated rings. The molecule has 4 nitrogen and oxygen atoms in total. The fourth-order valence-corrected chi connectivity index (χ4v) is 2.77. The number of anilines is 1. The van der Waals surface area contributed by atoms with E-state index in [4.69, 9.17) is 5.11 Å². The van der Waals surface area contributed by atoms with Crippen LogP contribution in [-0.4, -0.2) is 16.1 Å². The van der Waals surface area contributed by atoms with Gasteiger partial charge in [0.1, 0.15) is 5.69 Å². The van der Waals surface area contributed by atoms with Crippen LogP contribution in [0.4, 0.5) is 5.69 Å². The molecule has 1 unspecified atom stereocenters. The minimum absolute atomic E-state index is 0.0581. The standard InChI is InChI=1S/C14H16N2O2S/c1-9(2)13(12-4-3-7-19-12)16-10-5-6-11(14(17)18)15-8-10/h3-9,13,16H,1-2H3,(H,17,18). The molecule has 0 aromatic carbocycles. The summed E-state index contributed by atoms with van der Waals surface area (Å²) in [7, 11) is 0. The summed E-state index contributed by atoms with van der Waals surface area (Å²) in [5, 5.41) is 14.3. The van der Waals surface area contributed by atoms with E-state index in [1.54, 1.807) is 23.6 Å². The van der Waals surface area contributed by atoms with Crippen molar-refractivity contribution in [3.8, 4) is 0 Å². The number of hydrogen-bond donors (Lipinski definition) is 2. The van der Waals surface area contributed by atoms with Crippen LogP contribution in [0.3, 0.4) is 0 Å². The fraction of sp³-hybridized carbons (Fsp3) is 0.286. The van der Waals surface area contributed by atoms with Crippen molar-refractivity contribution >= 4 is 23.0 Å². The van der Waals surface area contributed by atoms with Crippen LogP contribution in [0, 0.1) is 5.92 Å². The first-order valence-electron chi connectivity index (χ1n) is 6.07. The number of nitrogens with one attached hydrogen (secondary N) is 1. The molecule has 0 aliphatic heterocycles. The van der Waals surface area contributed by atoms with E-state index >= 15 is 0 Å². The van der Waals surface area contributed by atoms with Gasteiger partial charge in [-0.3, -0.25) is 0 Å². The quantitative estimate of drug-likeness (QED) is 0.875. The average molecular weight is 276 g/mol. The summed E-state index contributed by atoms with van der Waals surface area (Å²) in [4.78, 5) is 15.9. The lowest BCUT2D eigenvalue weighted by atomic mass is 10.0. The normalized spacial score (nSPS) is 12.4. The Bertz CT molecular complexity index is 535. The predicted octanol–water partition coefficient (Wildman–Crippen LogP) is 3.65. The SMILES string of the molecule is CC(C)C(Nc1ccc(C(=O)O)nc1)c1cccs1. The molecule has 5 heteroatoms. The third-order valence-corrected chi connectivity index (χ3v) is 3.78. The van der Waals surface area contributed by atoms with Crippen molar-refractivity contribution in [3.05, 3.63) is 46.4 Å². The molecular formula is C14H16N2O2S. The van der Waals surface area contributed by atoms with E-state index in [1.807, 2.05) is 6.07 Å². The summed E-state index contributed by atoms with van der Waals surface area (Å²) < 4.78 is 0. The first kappa shape index (κ1) is 13.5. The van der Waals surface area contributed by atoms with Gasteiger partial charge < -0.3 is 10.4 Å². The zero-order valence-corrected chi connectivity index (χ0v) is 11.6. The number of nitrogens with zero attached hydrogens (tertiary/aromatic N) is 1. The highest BCUT2D eigenvalue weighted by Crippen LogP contribution is 2.29. The molecule has 0 bridgehead atoms. The van der Waals surface area contributed by atoms with Gasteiger partial charge in [-0.05, 0) is 29.5 Å². The Kier molecular flexibility index (Phi) is 4.16. The van der Waals surface area contributed by atoms with E-state index in [-0.39, 0.29) is 11.7 Å². The van der Waals surface area contributed by atoms with Crippen molar-refractivity contribution in [3.63, 3.8) is 0 Å². The smallest absolute Gasteiger partial charge is 0.354 e. The molecule has 0 radical (unpaired) electrons. The van der Waals surface area contributed by atoms with Crippen LogP contribution < -0.4 is 5.32 Å². The maximum Gasteiger partial charge on any atom is 0.354 e. The number of carboxylic acid groups (broad SMARTS) is 1. The lowest BCUT2D eigenvalue weighted by Gasteiger charge is -2.22. The zero-order valence-electron chi connectivity index (χ0n) is 10.8. The second-order valence-corrected chi connectivity index (χ2v) is 5.60. The van der Waals surface area contributed by atoms with Gasteiger partial charge in [0.2, 0.25) is 0 Å². The van der Waals surface area contributed by atoms with Crippen LogP contribution >= 0.6 is 11.3 Å². The predicted molar refractivity (Wildman–Crippen MR) is 76.7 cm³/mol. The molecule has 2 rings (SSSR count). The topological polar surface area (TPSA) is 62.2 Å². The van der Waals surface area contributed by atoms with Crippen LogP contribution in [0.25, 0.3) is 0 Å². The molecule has 0 saturated heterocycles. The highest BCUT2D eigenvalue weighted by Gasteiger charge is 2.16. The molecule has 2 aromatic rings. The van der Waals surface area contributed by atoms with E-state index < -0.39 is 5.97 Å². The summed E-state index contributed by atoms with van der Waals surface area (Å²) in [6.07, 6.45) is 1.56. The largest absolute Gasteiger partial charge is 0.477 e. The number of hydrogen-bond acceptors (Lipinski definition) is 4. The van der Waals surface area contributed by atoms with Gasteiger partial charge in [-0.1, -0.05) is 19.9 Å². The number of carboxylic acids is 1. The lowest BCUT2D eigenvalue weighted by Crippen LogP contribution is -2.16.